The van der Waals surface area contributed by atoms with E-state index in [1.807, 2.05) is 41.4 Å². The van der Waals surface area contributed by atoms with Gasteiger partial charge >= 0.3 is 0 Å². The average Bonchev–Trinajstić information content (AvgIpc) is 3.43. The Morgan fingerprint density at radius 1 is 1.18 bits per heavy atom. The first-order valence-corrected chi connectivity index (χ1v) is 10.2. The van der Waals surface area contributed by atoms with Gasteiger partial charge in [0.1, 0.15) is 12.4 Å². The minimum atomic E-state index is 0.0131. The Balaban J connectivity index is 1.30. The fourth-order valence-corrected chi connectivity index (χ4v) is 3.77. The molecule has 1 aliphatic heterocycles. The van der Waals surface area contributed by atoms with Crippen LogP contribution in [0.25, 0.3) is 0 Å². The summed E-state index contributed by atoms with van der Waals surface area (Å²) in [5.41, 5.74) is 5.05. The molecule has 0 saturated carbocycles. The molecule has 7 heteroatoms. The number of nitrogens with zero attached hydrogens (tertiary/aromatic N) is 2. The lowest BCUT2D eigenvalue weighted by Crippen LogP contribution is -2.31. The summed E-state index contributed by atoms with van der Waals surface area (Å²) < 4.78 is 16.8. The van der Waals surface area contributed by atoms with E-state index in [2.05, 4.69) is 27.4 Å². The molecule has 1 aliphatic rings. The van der Waals surface area contributed by atoms with Crippen molar-refractivity contribution in [3.63, 3.8) is 0 Å². The van der Waals surface area contributed by atoms with E-state index in [9.17, 15) is 0 Å². The lowest BCUT2D eigenvalue weighted by molar-refractivity contribution is 0.0981. The summed E-state index contributed by atoms with van der Waals surface area (Å²) in [6.45, 7) is 2.02. The molecule has 2 atom stereocenters. The molecule has 3 aromatic rings. The van der Waals surface area contributed by atoms with Gasteiger partial charge in [-0.25, -0.2) is 9.97 Å². The predicted octanol–water partition coefficient (Wildman–Crippen LogP) is 3.75. The first-order valence-electron chi connectivity index (χ1n) is 9.25. The van der Waals surface area contributed by atoms with Crippen LogP contribution >= 0.6 is 11.3 Å². The molecule has 1 aromatic carbocycles. The van der Waals surface area contributed by atoms with Crippen molar-refractivity contribution in [3.8, 4) is 11.6 Å². The van der Waals surface area contributed by atoms with Crippen molar-refractivity contribution >= 4 is 11.3 Å². The molecule has 0 aliphatic carbocycles. The van der Waals surface area contributed by atoms with E-state index < -0.39 is 0 Å². The maximum atomic E-state index is 5.93. The standard InChI is InChI=1S/C21H23N3O3S/c1-25-20-7-4-16(11-23-20)21-19(8-9-26-21)22-10-15-2-5-18(6-3-15)27-12-17-13-28-14-24-17/h2-7,11,13-14,19,21-22H,8-10,12H2,1H3/t19-,21+/m0/s1. The topological polar surface area (TPSA) is 65.5 Å². The highest BCUT2D eigenvalue weighted by molar-refractivity contribution is 7.07. The van der Waals surface area contributed by atoms with Gasteiger partial charge in [-0.05, 0) is 30.2 Å². The van der Waals surface area contributed by atoms with Crippen molar-refractivity contribution < 1.29 is 14.2 Å². The summed E-state index contributed by atoms with van der Waals surface area (Å²) in [5.74, 6) is 1.46. The number of aromatic nitrogens is 2. The molecule has 28 heavy (non-hydrogen) atoms. The van der Waals surface area contributed by atoms with E-state index >= 15 is 0 Å². The van der Waals surface area contributed by atoms with Crippen LogP contribution in [-0.4, -0.2) is 29.7 Å². The third-order valence-electron chi connectivity index (χ3n) is 4.75. The van der Waals surface area contributed by atoms with Gasteiger partial charge in [-0.15, -0.1) is 11.3 Å². The third-order valence-corrected chi connectivity index (χ3v) is 5.39. The second-order valence-electron chi connectivity index (χ2n) is 6.61. The Labute approximate surface area is 168 Å². The highest BCUT2D eigenvalue weighted by atomic mass is 32.1. The normalized spacial score (nSPS) is 18.9. The molecular weight excluding hydrogens is 374 g/mol. The first kappa shape index (κ1) is 18.9. The molecule has 6 nitrogen and oxygen atoms in total. The molecule has 0 spiro atoms. The molecule has 1 fully saturated rings. The van der Waals surface area contributed by atoms with Gasteiger partial charge in [0, 0.05) is 42.4 Å². The van der Waals surface area contributed by atoms with Gasteiger partial charge in [-0.2, -0.15) is 0 Å². The molecule has 0 unspecified atom stereocenters. The van der Waals surface area contributed by atoms with Crippen molar-refractivity contribution in [1.29, 1.82) is 0 Å². The SMILES string of the molecule is COc1ccc([C@H]2OCC[C@@H]2NCc2ccc(OCc3cscn3)cc2)cn1. The van der Waals surface area contributed by atoms with E-state index in [0.29, 0.717) is 12.5 Å². The highest BCUT2D eigenvalue weighted by Gasteiger charge is 2.29. The van der Waals surface area contributed by atoms with E-state index in [1.165, 1.54) is 5.56 Å². The quantitative estimate of drug-likeness (QED) is 0.625. The van der Waals surface area contributed by atoms with Gasteiger partial charge < -0.3 is 19.5 Å². The van der Waals surface area contributed by atoms with Crippen molar-refractivity contribution in [1.82, 2.24) is 15.3 Å². The minimum Gasteiger partial charge on any atom is -0.487 e. The summed E-state index contributed by atoms with van der Waals surface area (Å²) in [4.78, 5) is 8.52. The van der Waals surface area contributed by atoms with Gasteiger partial charge in [0.15, 0.2) is 0 Å². The van der Waals surface area contributed by atoms with Crippen LogP contribution in [0.3, 0.4) is 0 Å². The van der Waals surface area contributed by atoms with Gasteiger partial charge in [0.2, 0.25) is 5.88 Å². The van der Waals surface area contributed by atoms with Crippen molar-refractivity contribution in [2.24, 2.45) is 0 Å². The lowest BCUT2D eigenvalue weighted by Gasteiger charge is -2.20. The van der Waals surface area contributed by atoms with Crippen LogP contribution in [0.1, 0.15) is 29.3 Å². The van der Waals surface area contributed by atoms with Crippen LogP contribution in [0.5, 0.6) is 11.6 Å². The average molecular weight is 398 g/mol. The number of thiazole rings is 1. The predicted molar refractivity (Wildman–Crippen MR) is 108 cm³/mol. The Morgan fingerprint density at radius 2 is 2.07 bits per heavy atom. The molecule has 1 N–H and O–H groups in total. The van der Waals surface area contributed by atoms with Crippen LogP contribution in [0.2, 0.25) is 0 Å². The van der Waals surface area contributed by atoms with E-state index in [1.54, 1.807) is 18.4 Å². The number of rotatable bonds is 8. The van der Waals surface area contributed by atoms with Gasteiger partial charge in [0.05, 0.1) is 24.4 Å². The molecule has 4 rings (SSSR count). The summed E-state index contributed by atoms with van der Waals surface area (Å²) in [6, 6.07) is 12.3. The summed E-state index contributed by atoms with van der Waals surface area (Å²) >= 11 is 1.58. The van der Waals surface area contributed by atoms with Gasteiger partial charge in [-0.3, -0.25) is 0 Å². The van der Waals surface area contributed by atoms with E-state index in [-0.39, 0.29) is 12.1 Å². The van der Waals surface area contributed by atoms with E-state index in [4.69, 9.17) is 14.2 Å². The van der Waals surface area contributed by atoms with Crippen LogP contribution < -0.4 is 14.8 Å². The van der Waals surface area contributed by atoms with Gasteiger partial charge in [0.25, 0.3) is 0 Å². The number of hydrogen-bond acceptors (Lipinski definition) is 7. The zero-order chi connectivity index (χ0) is 19.2. The van der Waals surface area contributed by atoms with Gasteiger partial charge in [-0.1, -0.05) is 12.1 Å². The second kappa shape index (κ2) is 9.14. The fourth-order valence-electron chi connectivity index (χ4n) is 3.23. The van der Waals surface area contributed by atoms with Crippen LogP contribution in [0, 0.1) is 0 Å². The number of pyridine rings is 1. The van der Waals surface area contributed by atoms with E-state index in [0.717, 1.165) is 36.6 Å². The maximum Gasteiger partial charge on any atom is 0.212 e. The van der Waals surface area contributed by atoms with Crippen molar-refractivity contribution in [3.05, 3.63) is 70.3 Å². The largest absolute Gasteiger partial charge is 0.487 e. The molecule has 2 aromatic heterocycles. The number of hydrogen-bond donors (Lipinski definition) is 1. The zero-order valence-corrected chi connectivity index (χ0v) is 16.5. The van der Waals surface area contributed by atoms with Crippen LogP contribution in [0.15, 0.2) is 53.5 Å². The highest BCUT2D eigenvalue weighted by Crippen LogP contribution is 2.29. The van der Waals surface area contributed by atoms with Crippen LogP contribution in [-0.2, 0) is 17.9 Å². The number of methoxy groups -OCH3 is 1. The Bertz CT molecular complexity index is 854. The smallest absolute Gasteiger partial charge is 0.212 e. The monoisotopic (exact) mass is 397 g/mol. The molecule has 146 valence electrons. The third kappa shape index (κ3) is 4.67. The lowest BCUT2D eigenvalue weighted by atomic mass is 10.0. The summed E-state index contributed by atoms with van der Waals surface area (Å²) in [6.07, 6.45) is 2.82. The summed E-state index contributed by atoms with van der Waals surface area (Å²) in [5, 5.41) is 5.61. The molecule has 1 saturated heterocycles. The molecule has 0 radical (unpaired) electrons. The van der Waals surface area contributed by atoms with Crippen molar-refractivity contribution in [2.75, 3.05) is 13.7 Å². The molecular formula is C21H23N3O3S. The fraction of sp³-hybridized carbons (Fsp3) is 0.333. The zero-order valence-electron chi connectivity index (χ0n) is 15.7. The number of ether oxygens (including phenoxy) is 3. The van der Waals surface area contributed by atoms with Crippen molar-refractivity contribution in [2.45, 2.75) is 31.7 Å². The minimum absolute atomic E-state index is 0.0131. The molecule has 3 heterocycles. The first-order chi connectivity index (χ1) is 13.8. The Kier molecular flexibility index (Phi) is 6.16. The number of nitrogens with one attached hydrogen (secondary N) is 1. The summed E-state index contributed by atoms with van der Waals surface area (Å²) in [7, 11) is 1.62. The molecule has 0 amide bonds. The number of benzene rings is 1. The maximum absolute atomic E-state index is 5.93. The Hall–Kier alpha value is -2.48. The van der Waals surface area contributed by atoms with Crippen LogP contribution in [0.4, 0.5) is 0 Å². The molecule has 0 bridgehead atoms. The second-order valence-corrected chi connectivity index (χ2v) is 7.33. The Morgan fingerprint density at radius 3 is 2.79 bits per heavy atom.